The molecule has 0 aliphatic carbocycles. The third-order valence-electron chi connectivity index (χ3n) is 2.27. The molecular formula is C12H14N4O. The van der Waals surface area contributed by atoms with Gasteiger partial charge in [0.25, 0.3) is 0 Å². The molecule has 0 atom stereocenters. The Bertz CT molecular complexity index is 501. The van der Waals surface area contributed by atoms with Gasteiger partial charge in [-0.2, -0.15) is 0 Å². The molecule has 0 radical (unpaired) electrons. The van der Waals surface area contributed by atoms with Gasteiger partial charge in [-0.1, -0.05) is 12.1 Å². The summed E-state index contributed by atoms with van der Waals surface area (Å²) in [5, 5.41) is 3.20. The Balaban J connectivity index is 2.07. The molecule has 0 aliphatic rings. The highest BCUT2D eigenvalue weighted by Crippen LogP contribution is 2.23. The van der Waals surface area contributed by atoms with Crippen molar-refractivity contribution in [2.24, 2.45) is 0 Å². The van der Waals surface area contributed by atoms with E-state index in [1.165, 1.54) is 0 Å². The first kappa shape index (κ1) is 11.2. The van der Waals surface area contributed by atoms with E-state index in [9.17, 15) is 0 Å². The molecule has 2 aromatic rings. The molecule has 0 aliphatic heterocycles. The molecule has 1 aromatic carbocycles. The third kappa shape index (κ3) is 2.84. The fourth-order valence-electron chi connectivity index (χ4n) is 1.46. The zero-order valence-electron chi connectivity index (χ0n) is 9.55. The van der Waals surface area contributed by atoms with E-state index in [4.69, 9.17) is 10.5 Å². The van der Waals surface area contributed by atoms with Crippen molar-refractivity contribution in [1.29, 1.82) is 0 Å². The van der Waals surface area contributed by atoms with Crippen molar-refractivity contribution in [3.05, 3.63) is 42.4 Å². The molecule has 0 saturated carbocycles. The molecule has 1 aromatic heterocycles. The number of nitrogens with two attached hydrogens (primary N) is 1. The lowest BCUT2D eigenvalue weighted by Gasteiger charge is -2.09. The Hall–Kier alpha value is -2.30. The summed E-state index contributed by atoms with van der Waals surface area (Å²) in [6, 6.07) is 9.34. The van der Waals surface area contributed by atoms with Gasteiger partial charge in [-0.25, -0.2) is 9.97 Å². The summed E-state index contributed by atoms with van der Waals surface area (Å²) in [5.74, 6) is 1.91. The molecule has 5 nitrogen and oxygen atoms in total. The van der Waals surface area contributed by atoms with Gasteiger partial charge in [-0.15, -0.1) is 0 Å². The third-order valence-corrected chi connectivity index (χ3v) is 2.27. The number of hydrogen-bond donors (Lipinski definition) is 2. The Morgan fingerprint density at radius 2 is 2.12 bits per heavy atom. The summed E-state index contributed by atoms with van der Waals surface area (Å²) in [7, 11) is 1.64. The number of hydrogen-bond acceptors (Lipinski definition) is 5. The van der Waals surface area contributed by atoms with E-state index < -0.39 is 0 Å². The van der Waals surface area contributed by atoms with Crippen LogP contribution in [0.1, 0.15) is 5.82 Å². The van der Waals surface area contributed by atoms with E-state index in [1.807, 2.05) is 24.3 Å². The predicted octanol–water partition coefficient (Wildman–Crippen LogP) is 1.68. The van der Waals surface area contributed by atoms with Crippen molar-refractivity contribution >= 4 is 11.5 Å². The molecule has 1 heterocycles. The monoisotopic (exact) mass is 230 g/mol. The number of benzene rings is 1. The van der Waals surface area contributed by atoms with Gasteiger partial charge in [0, 0.05) is 6.20 Å². The number of methoxy groups -OCH3 is 1. The van der Waals surface area contributed by atoms with E-state index in [0.29, 0.717) is 18.2 Å². The zero-order valence-corrected chi connectivity index (χ0v) is 9.55. The second kappa shape index (κ2) is 5.16. The minimum absolute atomic E-state index is 0.469. The van der Waals surface area contributed by atoms with Crippen molar-refractivity contribution in [2.75, 3.05) is 18.2 Å². The number of anilines is 2. The van der Waals surface area contributed by atoms with Crippen LogP contribution in [0.5, 0.6) is 5.75 Å². The highest BCUT2D eigenvalue weighted by Gasteiger charge is 2.02. The van der Waals surface area contributed by atoms with Crippen molar-refractivity contribution in [1.82, 2.24) is 9.97 Å². The van der Waals surface area contributed by atoms with Crippen LogP contribution in [0.15, 0.2) is 36.5 Å². The SMILES string of the molecule is COc1ccccc1NCc1nccc(N)n1. The largest absolute Gasteiger partial charge is 0.495 e. The minimum Gasteiger partial charge on any atom is -0.495 e. The lowest BCUT2D eigenvalue weighted by atomic mass is 10.3. The van der Waals surface area contributed by atoms with Crippen LogP contribution in [0.25, 0.3) is 0 Å². The van der Waals surface area contributed by atoms with Crippen LogP contribution in [0.4, 0.5) is 11.5 Å². The molecule has 0 spiro atoms. The van der Waals surface area contributed by atoms with Gasteiger partial charge in [0.1, 0.15) is 17.4 Å². The van der Waals surface area contributed by atoms with Gasteiger partial charge in [0.2, 0.25) is 0 Å². The van der Waals surface area contributed by atoms with E-state index >= 15 is 0 Å². The van der Waals surface area contributed by atoms with Gasteiger partial charge in [-0.3, -0.25) is 0 Å². The lowest BCUT2D eigenvalue weighted by molar-refractivity contribution is 0.416. The predicted molar refractivity (Wildman–Crippen MR) is 66.8 cm³/mol. The molecular weight excluding hydrogens is 216 g/mol. The smallest absolute Gasteiger partial charge is 0.149 e. The van der Waals surface area contributed by atoms with Crippen LogP contribution in [0, 0.1) is 0 Å². The zero-order chi connectivity index (χ0) is 12.1. The van der Waals surface area contributed by atoms with Crippen molar-refractivity contribution < 1.29 is 4.74 Å². The van der Waals surface area contributed by atoms with Crippen LogP contribution >= 0.6 is 0 Å². The van der Waals surface area contributed by atoms with Crippen LogP contribution in [-0.4, -0.2) is 17.1 Å². The molecule has 0 unspecified atom stereocenters. The van der Waals surface area contributed by atoms with E-state index in [1.54, 1.807) is 19.4 Å². The molecule has 2 rings (SSSR count). The fourth-order valence-corrected chi connectivity index (χ4v) is 1.46. The van der Waals surface area contributed by atoms with Crippen molar-refractivity contribution in [3.63, 3.8) is 0 Å². The average Bonchev–Trinajstić information content (AvgIpc) is 2.37. The van der Waals surface area contributed by atoms with Gasteiger partial charge in [0.15, 0.2) is 0 Å². The molecule has 0 fully saturated rings. The molecule has 0 saturated heterocycles. The first-order valence-electron chi connectivity index (χ1n) is 5.24. The van der Waals surface area contributed by atoms with E-state index in [2.05, 4.69) is 15.3 Å². The Morgan fingerprint density at radius 1 is 1.29 bits per heavy atom. The van der Waals surface area contributed by atoms with Gasteiger partial charge in [-0.05, 0) is 18.2 Å². The molecule has 88 valence electrons. The first-order valence-corrected chi connectivity index (χ1v) is 5.24. The van der Waals surface area contributed by atoms with Crippen molar-refractivity contribution in [2.45, 2.75) is 6.54 Å². The maximum absolute atomic E-state index is 5.58. The molecule has 0 amide bonds. The first-order chi connectivity index (χ1) is 8.29. The van der Waals surface area contributed by atoms with Crippen molar-refractivity contribution in [3.8, 4) is 5.75 Å². The maximum Gasteiger partial charge on any atom is 0.149 e. The Labute approximate surface area is 99.7 Å². The average molecular weight is 230 g/mol. The van der Waals surface area contributed by atoms with Gasteiger partial charge < -0.3 is 15.8 Å². The number of para-hydroxylation sites is 2. The van der Waals surface area contributed by atoms with Gasteiger partial charge in [0.05, 0.1) is 19.3 Å². The highest BCUT2D eigenvalue weighted by molar-refractivity contribution is 5.56. The molecule has 0 bridgehead atoms. The van der Waals surface area contributed by atoms with Crippen LogP contribution in [0.2, 0.25) is 0 Å². The second-order valence-electron chi connectivity index (χ2n) is 3.45. The lowest BCUT2D eigenvalue weighted by Crippen LogP contribution is -2.06. The van der Waals surface area contributed by atoms with Gasteiger partial charge >= 0.3 is 0 Å². The Kier molecular flexibility index (Phi) is 3.40. The number of nitrogen functional groups attached to an aromatic ring is 1. The highest BCUT2D eigenvalue weighted by atomic mass is 16.5. The standard InChI is InChI=1S/C12H14N4O/c1-17-10-5-3-2-4-9(10)15-8-12-14-7-6-11(13)16-12/h2-7,15H,8H2,1H3,(H2,13,14,16). The number of aromatic nitrogens is 2. The van der Waals surface area contributed by atoms with E-state index in [0.717, 1.165) is 11.4 Å². The molecule has 5 heteroatoms. The summed E-state index contributed by atoms with van der Waals surface area (Å²) >= 11 is 0. The fraction of sp³-hybridized carbons (Fsp3) is 0.167. The number of nitrogens with one attached hydrogen (secondary N) is 1. The topological polar surface area (TPSA) is 73.1 Å². The van der Waals surface area contributed by atoms with E-state index in [-0.39, 0.29) is 0 Å². The summed E-state index contributed by atoms with van der Waals surface area (Å²) < 4.78 is 5.23. The molecule has 3 N–H and O–H groups in total. The maximum atomic E-state index is 5.58. The summed E-state index contributed by atoms with van der Waals surface area (Å²) in [5.41, 5.74) is 6.48. The summed E-state index contributed by atoms with van der Waals surface area (Å²) in [4.78, 5) is 8.22. The Morgan fingerprint density at radius 3 is 2.88 bits per heavy atom. The summed E-state index contributed by atoms with van der Waals surface area (Å²) in [6.45, 7) is 0.505. The van der Waals surface area contributed by atoms with Crippen LogP contribution in [-0.2, 0) is 6.54 Å². The number of rotatable bonds is 4. The van der Waals surface area contributed by atoms with Crippen LogP contribution < -0.4 is 15.8 Å². The number of nitrogens with zero attached hydrogens (tertiary/aromatic N) is 2. The normalized spacial score (nSPS) is 9.94. The minimum atomic E-state index is 0.469. The quantitative estimate of drug-likeness (QED) is 0.836. The molecule has 17 heavy (non-hydrogen) atoms. The second-order valence-corrected chi connectivity index (χ2v) is 3.45. The van der Waals surface area contributed by atoms with Crippen LogP contribution in [0.3, 0.4) is 0 Å². The number of ether oxygens (including phenoxy) is 1. The summed E-state index contributed by atoms with van der Waals surface area (Å²) in [6.07, 6.45) is 1.64.